The fourth-order valence-corrected chi connectivity index (χ4v) is 4.67. The number of rotatable bonds is 7. The van der Waals surface area contributed by atoms with E-state index in [0.29, 0.717) is 18.0 Å². The van der Waals surface area contributed by atoms with E-state index in [1.165, 1.54) is 19.2 Å². The second-order valence-corrected chi connectivity index (χ2v) is 10.2. The molecule has 30 heavy (non-hydrogen) atoms. The van der Waals surface area contributed by atoms with Gasteiger partial charge in [-0.05, 0) is 90.3 Å². The highest BCUT2D eigenvalue weighted by Crippen LogP contribution is 2.35. The monoisotopic (exact) mass is 422 g/mol. The summed E-state index contributed by atoms with van der Waals surface area (Å²) in [5.74, 6) is 0.230. The minimum absolute atomic E-state index is 0.141. The van der Waals surface area contributed by atoms with Crippen LogP contribution in [0.3, 0.4) is 0 Å². The van der Waals surface area contributed by atoms with Crippen molar-refractivity contribution in [1.82, 2.24) is 10.2 Å². The van der Waals surface area contributed by atoms with Crippen LogP contribution in [0.1, 0.15) is 78.4 Å². The van der Waals surface area contributed by atoms with Crippen molar-refractivity contribution in [2.75, 3.05) is 13.7 Å². The largest absolute Gasteiger partial charge is 0.453 e. The van der Waals surface area contributed by atoms with E-state index in [9.17, 15) is 14.3 Å². The first-order chi connectivity index (χ1) is 13.9. The van der Waals surface area contributed by atoms with Crippen molar-refractivity contribution in [3.05, 3.63) is 35.6 Å². The summed E-state index contributed by atoms with van der Waals surface area (Å²) in [5.41, 5.74) is 0.181. The predicted molar refractivity (Wildman–Crippen MR) is 118 cm³/mol. The smallest absolute Gasteiger partial charge is 0.410 e. The molecule has 1 aliphatic rings. The van der Waals surface area contributed by atoms with Gasteiger partial charge in [0.15, 0.2) is 0 Å². The van der Waals surface area contributed by atoms with E-state index in [2.05, 4.69) is 19.2 Å². The predicted octanol–water partition coefficient (Wildman–Crippen LogP) is 5.04. The SMILES string of the molecule is COC(=O)N(C1CCC(CC(C)(C)NC[C@H](O)c2cccc(F)c2)CC1)C(C)(C)C. The van der Waals surface area contributed by atoms with Crippen molar-refractivity contribution < 1.29 is 19.0 Å². The molecule has 0 unspecified atom stereocenters. The normalized spacial score (nSPS) is 21.2. The Balaban J connectivity index is 1.86. The Labute approximate surface area is 181 Å². The van der Waals surface area contributed by atoms with Gasteiger partial charge in [0.1, 0.15) is 5.82 Å². The van der Waals surface area contributed by atoms with E-state index in [1.54, 1.807) is 12.1 Å². The molecule has 1 aromatic rings. The molecular formula is C24H39FN2O3. The van der Waals surface area contributed by atoms with Crippen LogP contribution in [0.25, 0.3) is 0 Å². The molecular weight excluding hydrogens is 383 g/mol. The summed E-state index contributed by atoms with van der Waals surface area (Å²) in [7, 11) is 1.44. The van der Waals surface area contributed by atoms with Crippen LogP contribution >= 0.6 is 0 Å². The number of methoxy groups -OCH3 is 1. The van der Waals surface area contributed by atoms with Crippen LogP contribution < -0.4 is 5.32 Å². The quantitative estimate of drug-likeness (QED) is 0.646. The van der Waals surface area contributed by atoms with Crippen LogP contribution in [0.2, 0.25) is 0 Å². The third-order valence-corrected chi connectivity index (χ3v) is 6.08. The number of benzene rings is 1. The number of aliphatic hydroxyl groups is 1. The molecule has 5 nitrogen and oxygen atoms in total. The molecule has 1 fully saturated rings. The number of aliphatic hydroxyl groups excluding tert-OH is 1. The Kier molecular flexibility index (Phi) is 8.28. The van der Waals surface area contributed by atoms with Gasteiger partial charge in [-0.2, -0.15) is 0 Å². The first-order valence-electron chi connectivity index (χ1n) is 11.0. The average Bonchev–Trinajstić information content (AvgIpc) is 2.66. The van der Waals surface area contributed by atoms with E-state index in [1.807, 2.05) is 25.7 Å². The summed E-state index contributed by atoms with van der Waals surface area (Å²) in [6.45, 7) is 10.8. The average molecular weight is 423 g/mol. The molecule has 2 rings (SSSR count). The molecule has 1 aliphatic carbocycles. The fraction of sp³-hybridized carbons (Fsp3) is 0.708. The van der Waals surface area contributed by atoms with Gasteiger partial charge in [-0.3, -0.25) is 0 Å². The third-order valence-electron chi connectivity index (χ3n) is 6.08. The molecule has 0 aliphatic heterocycles. The maximum Gasteiger partial charge on any atom is 0.410 e. The molecule has 0 radical (unpaired) electrons. The molecule has 0 aromatic heterocycles. The molecule has 1 aromatic carbocycles. The molecule has 0 bridgehead atoms. The van der Waals surface area contributed by atoms with E-state index in [4.69, 9.17) is 4.74 Å². The molecule has 1 saturated carbocycles. The number of nitrogens with one attached hydrogen (secondary N) is 1. The maximum absolute atomic E-state index is 13.4. The molecule has 1 amide bonds. The number of carbonyl (C=O) groups is 1. The number of hydrogen-bond acceptors (Lipinski definition) is 4. The minimum atomic E-state index is -0.740. The minimum Gasteiger partial charge on any atom is -0.453 e. The Hall–Kier alpha value is -1.66. The molecule has 2 N–H and O–H groups in total. The molecule has 6 heteroatoms. The van der Waals surface area contributed by atoms with Crippen LogP contribution in [0, 0.1) is 11.7 Å². The summed E-state index contributed by atoms with van der Waals surface area (Å²) >= 11 is 0. The van der Waals surface area contributed by atoms with Crippen molar-refractivity contribution >= 4 is 6.09 Å². The van der Waals surface area contributed by atoms with E-state index < -0.39 is 6.10 Å². The van der Waals surface area contributed by atoms with Gasteiger partial charge in [0.05, 0.1) is 13.2 Å². The summed E-state index contributed by atoms with van der Waals surface area (Å²) in [5, 5.41) is 13.8. The molecule has 1 atom stereocenters. The van der Waals surface area contributed by atoms with Crippen LogP contribution in [0.15, 0.2) is 24.3 Å². The lowest BCUT2D eigenvalue weighted by Gasteiger charge is -2.44. The van der Waals surface area contributed by atoms with Crippen LogP contribution in [0.5, 0.6) is 0 Å². The summed E-state index contributed by atoms with van der Waals surface area (Å²) in [6, 6.07) is 6.33. The lowest BCUT2D eigenvalue weighted by molar-refractivity contribution is 0.0369. The number of β-amino-alcohol motifs (C(OH)–C–C–N with tert-alkyl or cyclic N) is 1. The van der Waals surface area contributed by atoms with Gasteiger partial charge < -0.3 is 20.1 Å². The number of halogens is 1. The number of ether oxygens (including phenoxy) is 1. The molecule has 0 spiro atoms. The van der Waals surface area contributed by atoms with Crippen molar-refractivity contribution in [3.63, 3.8) is 0 Å². The zero-order valence-corrected chi connectivity index (χ0v) is 19.4. The second-order valence-electron chi connectivity index (χ2n) is 10.2. The van der Waals surface area contributed by atoms with Gasteiger partial charge in [-0.1, -0.05) is 12.1 Å². The van der Waals surface area contributed by atoms with Gasteiger partial charge in [0.2, 0.25) is 0 Å². The van der Waals surface area contributed by atoms with Crippen molar-refractivity contribution in [2.24, 2.45) is 5.92 Å². The Morgan fingerprint density at radius 1 is 1.23 bits per heavy atom. The highest BCUT2D eigenvalue weighted by atomic mass is 19.1. The fourth-order valence-electron chi connectivity index (χ4n) is 4.67. The van der Waals surface area contributed by atoms with Crippen molar-refractivity contribution in [2.45, 2.75) is 89.9 Å². The van der Waals surface area contributed by atoms with Crippen molar-refractivity contribution in [1.29, 1.82) is 0 Å². The van der Waals surface area contributed by atoms with Gasteiger partial charge in [0.25, 0.3) is 0 Å². The Bertz CT molecular complexity index is 694. The van der Waals surface area contributed by atoms with E-state index in [0.717, 1.165) is 32.1 Å². The topological polar surface area (TPSA) is 61.8 Å². The van der Waals surface area contributed by atoms with Gasteiger partial charge >= 0.3 is 6.09 Å². The lowest BCUT2D eigenvalue weighted by Crippen LogP contribution is -2.53. The van der Waals surface area contributed by atoms with E-state index in [-0.39, 0.29) is 29.0 Å². The van der Waals surface area contributed by atoms with Crippen LogP contribution in [-0.2, 0) is 4.74 Å². The van der Waals surface area contributed by atoms with Crippen molar-refractivity contribution in [3.8, 4) is 0 Å². The molecule has 0 saturated heterocycles. The third kappa shape index (κ3) is 6.95. The highest BCUT2D eigenvalue weighted by molar-refractivity contribution is 5.68. The van der Waals surface area contributed by atoms with Crippen LogP contribution in [0.4, 0.5) is 9.18 Å². The molecule has 0 heterocycles. The maximum atomic E-state index is 13.4. The first kappa shape index (κ1) is 24.6. The Morgan fingerprint density at radius 2 is 1.87 bits per heavy atom. The standard InChI is InChI=1S/C24H39FN2O3/c1-23(2,3)27(22(29)30-6)20-12-10-17(11-13-20)15-24(4,5)26-16-21(28)18-8-7-9-19(25)14-18/h7-9,14,17,20-21,26,28H,10-13,15-16H2,1-6H3/t17?,20?,21-/m0/s1. The van der Waals surface area contributed by atoms with E-state index >= 15 is 0 Å². The molecule has 170 valence electrons. The van der Waals surface area contributed by atoms with Gasteiger partial charge in [0, 0.05) is 23.7 Å². The number of hydrogen-bond donors (Lipinski definition) is 2. The van der Waals surface area contributed by atoms with Gasteiger partial charge in [-0.25, -0.2) is 9.18 Å². The summed E-state index contributed by atoms with van der Waals surface area (Å²) < 4.78 is 18.4. The summed E-state index contributed by atoms with van der Waals surface area (Å²) in [4.78, 5) is 14.2. The van der Waals surface area contributed by atoms with Crippen LogP contribution in [-0.4, -0.2) is 46.9 Å². The highest BCUT2D eigenvalue weighted by Gasteiger charge is 2.37. The zero-order chi connectivity index (χ0) is 22.5. The number of carbonyl (C=O) groups excluding carboxylic acids is 1. The Morgan fingerprint density at radius 3 is 2.40 bits per heavy atom. The summed E-state index contributed by atoms with van der Waals surface area (Å²) in [6.07, 6.45) is 4.06. The van der Waals surface area contributed by atoms with Gasteiger partial charge in [-0.15, -0.1) is 0 Å². The zero-order valence-electron chi connectivity index (χ0n) is 19.4. The lowest BCUT2D eigenvalue weighted by atomic mass is 9.78. The first-order valence-corrected chi connectivity index (χ1v) is 11.0. The number of nitrogens with zero attached hydrogens (tertiary/aromatic N) is 1. The second kappa shape index (κ2) is 10.1. The number of amides is 1.